The van der Waals surface area contributed by atoms with Crippen molar-refractivity contribution in [3.8, 4) is 0 Å². The van der Waals surface area contributed by atoms with E-state index in [0.29, 0.717) is 24.7 Å². The van der Waals surface area contributed by atoms with E-state index in [9.17, 15) is 0 Å². The van der Waals surface area contributed by atoms with Crippen LogP contribution < -0.4 is 10.6 Å². The summed E-state index contributed by atoms with van der Waals surface area (Å²) in [5.74, 6) is 0. The minimum absolute atomic E-state index is 0.163. The highest BCUT2D eigenvalue weighted by Crippen LogP contribution is 2.30. The largest absolute Gasteiger partial charge is 0.394 e. The Labute approximate surface area is 127 Å². The van der Waals surface area contributed by atoms with Crippen LogP contribution in [0.25, 0.3) is 0 Å². The van der Waals surface area contributed by atoms with Crippen molar-refractivity contribution >= 4 is 0 Å². The molecule has 3 unspecified atom stereocenters. The Balaban J connectivity index is 1.61. The van der Waals surface area contributed by atoms with E-state index in [2.05, 4.69) is 22.7 Å². The third kappa shape index (κ3) is 3.47. The van der Waals surface area contributed by atoms with Gasteiger partial charge in [-0.25, -0.2) is 0 Å². The van der Waals surface area contributed by atoms with Crippen molar-refractivity contribution in [1.29, 1.82) is 0 Å². The molecule has 1 aromatic rings. The van der Waals surface area contributed by atoms with Crippen LogP contribution >= 0.6 is 0 Å². The van der Waals surface area contributed by atoms with Crippen molar-refractivity contribution in [3.05, 3.63) is 17.5 Å². The van der Waals surface area contributed by atoms with Gasteiger partial charge in [0.05, 0.1) is 19.3 Å². The summed E-state index contributed by atoms with van der Waals surface area (Å²) in [4.78, 5) is 0. The zero-order chi connectivity index (χ0) is 14.7. The number of nitrogens with one attached hydrogen (secondary N) is 2. The maximum atomic E-state index is 9.13. The summed E-state index contributed by atoms with van der Waals surface area (Å²) in [6.45, 7) is 4.25. The molecule has 5 nitrogen and oxygen atoms in total. The molecule has 3 N–H and O–H groups in total. The summed E-state index contributed by atoms with van der Waals surface area (Å²) in [5, 5.41) is 21.0. The van der Waals surface area contributed by atoms with Gasteiger partial charge in [-0.3, -0.25) is 4.68 Å². The van der Waals surface area contributed by atoms with Crippen molar-refractivity contribution in [2.45, 2.75) is 70.1 Å². The normalized spacial score (nSPS) is 26.8. The first-order chi connectivity index (χ1) is 10.3. The van der Waals surface area contributed by atoms with E-state index in [0.717, 1.165) is 6.42 Å². The first kappa shape index (κ1) is 15.0. The van der Waals surface area contributed by atoms with Crippen LogP contribution in [0, 0.1) is 0 Å². The smallest absolute Gasteiger partial charge is 0.0644 e. The van der Waals surface area contributed by atoms with E-state index >= 15 is 0 Å². The summed E-state index contributed by atoms with van der Waals surface area (Å²) in [6, 6.07) is 1.64. The monoisotopic (exact) mass is 292 g/mol. The maximum absolute atomic E-state index is 9.13. The van der Waals surface area contributed by atoms with Gasteiger partial charge in [0.15, 0.2) is 0 Å². The number of hydrogen-bond acceptors (Lipinski definition) is 4. The van der Waals surface area contributed by atoms with Gasteiger partial charge in [0, 0.05) is 29.4 Å². The van der Waals surface area contributed by atoms with Crippen LogP contribution in [0.15, 0.2) is 6.20 Å². The van der Waals surface area contributed by atoms with Crippen molar-refractivity contribution in [1.82, 2.24) is 20.4 Å². The molecule has 0 bridgehead atoms. The molecule has 1 aromatic heterocycles. The van der Waals surface area contributed by atoms with Gasteiger partial charge in [-0.1, -0.05) is 0 Å². The van der Waals surface area contributed by atoms with Crippen LogP contribution in [0.3, 0.4) is 0 Å². The van der Waals surface area contributed by atoms with Crippen molar-refractivity contribution in [2.75, 3.05) is 13.2 Å². The second-order valence-electron chi connectivity index (χ2n) is 6.53. The number of aliphatic hydroxyl groups excluding tert-OH is 1. The molecule has 118 valence electrons. The Bertz CT molecular complexity index is 453. The number of aromatic nitrogens is 2. The van der Waals surface area contributed by atoms with Crippen LogP contribution in [0.4, 0.5) is 0 Å². The molecule has 21 heavy (non-hydrogen) atoms. The SMILES string of the molecule is CC(CC1CCCN1)NC1CCCc2c1cnn2CCO. The van der Waals surface area contributed by atoms with Gasteiger partial charge in [0.25, 0.3) is 0 Å². The van der Waals surface area contributed by atoms with E-state index in [1.165, 1.54) is 49.9 Å². The van der Waals surface area contributed by atoms with Crippen LogP contribution in [-0.4, -0.2) is 40.1 Å². The molecule has 3 atom stereocenters. The first-order valence-electron chi connectivity index (χ1n) is 8.43. The molecule has 0 aromatic carbocycles. The third-order valence-electron chi connectivity index (χ3n) is 4.86. The fraction of sp³-hybridized carbons (Fsp3) is 0.812. The first-order valence-corrected chi connectivity index (χ1v) is 8.43. The average Bonchev–Trinajstić information content (AvgIpc) is 3.10. The lowest BCUT2D eigenvalue weighted by Crippen LogP contribution is -2.37. The van der Waals surface area contributed by atoms with E-state index < -0.39 is 0 Å². The summed E-state index contributed by atoms with van der Waals surface area (Å²) in [6.07, 6.45) is 9.33. The van der Waals surface area contributed by atoms with E-state index in [-0.39, 0.29) is 6.61 Å². The highest BCUT2D eigenvalue weighted by molar-refractivity contribution is 5.25. The lowest BCUT2D eigenvalue weighted by Gasteiger charge is -2.28. The third-order valence-corrected chi connectivity index (χ3v) is 4.86. The van der Waals surface area contributed by atoms with Gasteiger partial charge in [-0.2, -0.15) is 5.10 Å². The summed E-state index contributed by atoms with van der Waals surface area (Å²) in [5.41, 5.74) is 2.67. The lowest BCUT2D eigenvalue weighted by atomic mass is 9.92. The maximum Gasteiger partial charge on any atom is 0.0644 e. The second kappa shape index (κ2) is 6.90. The van der Waals surface area contributed by atoms with Crippen LogP contribution in [-0.2, 0) is 13.0 Å². The molecule has 2 heterocycles. The molecule has 5 heteroatoms. The lowest BCUT2D eigenvalue weighted by molar-refractivity contribution is 0.266. The van der Waals surface area contributed by atoms with E-state index in [1.807, 2.05) is 10.9 Å². The Morgan fingerprint density at radius 3 is 3.14 bits per heavy atom. The van der Waals surface area contributed by atoms with E-state index in [1.54, 1.807) is 0 Å². The number of hydrogen-bond donors (Lipinski definition) is 3. The number of nitrogens with zero attached hydrogens (tertiary/aromatic N) is 2. The quantitative estimate of drug-likeness (QED) is 0.741. The Kier molecular flexibility index (Phi) is 4.93. The summed E-state index contributed by atoms with van der Waals surface area (Å²) < 4.78 is 1.98. The fourth-order valence-corrected chi connectivity index (χ4v) is 3.88. The molecule has 0 saturated carbocycles. The molecule has 0 spiro atoms. The fourth-order valence-electron chi connectivity index (χ4n) is 3.88. The molecule has 0 amide bonds. The van der Waals surface area contributed by atoms with Crippen LogP contribution in [0.1, 0.15) is 56.3 Å². The highest BCUT2D eigenvalue weighted by atomic mass is 16.3. The Hall–Kier alpha value is -0.910. The molecule has 1 aliphatic carbocycles. The molecule has 1 fully saturated rings. The highest BCUT2D eigenvalue weighted by Gasteiger charge is 2.26. The van der Waals surface area contributed by atoms with Gasteiger partial charge < -0.3 is 15.7 Å². The minimum atomic E-state index is 0.163. The number of aliphatic hydroxyl groups is 1. The van der Waals surface area contributed by atoms with Gasteiger partial charge in [0.2, 0.25) is 0 Å². The molecule has 0 radical (unpaired) electrons. The Morgan fingerprint density at radius 2 is 2.38 bits per heavy atom. The van der Waals surface area contributed by atoms with Crippen molar-refractivity contribution < 1.29 is 5.11 Å². The van der Waals surface area contributed by atoms with Gasteiger partial charge in [-0.15, -0.1) is 0 Å². The predicted octanol–water partition coefficient (Wildman–Crippen LogP) is 1.37. The number of rotatable bonds is 6. The van der Waals surface area contributed by atoms with Crippen molar-refractivity contribution in [2.24, 2.45) is 0 Å². The van der Waals surface area contributed by atoms with Crippen LogP contribution in [0.5, 0.6) is 0 Å². The predicted molar refractivity (Wildman–Crippen MR) is 83.2 cm³/mol. The molecule has 3 rings (SSSR count). The minimum Gasteiger partial charge on any atom is -0.394 e. The Morgan fingerprint density at radius 1 is 1.48 bits per heavy atom. The topological polar surface area (TPSA) is 62.1 Å². The zero-order valence-electron chi connectivity index (χ0n) is 13.0. The molecular weight excluding hydrogens is 264 g/mol. The summed E-state index contributed by atoms with van der Waals surface area (Å²) >= 11 is 0. The standard InChI is InChI=1S/C16H28N4O/c1-12(10-13-4-3-7-17-13)19-15-5-2-6-16-14(15)11-18-20(16)8-9-21/h11-13,15,17,19,21H,2-10H2,1H3. The van der Waals surface area contributed by atoms with Crippen LogP contribution in [0.2, 0.25) is 0 Å². The molecular formula is C16H28N4O. The van der Waals surface area contributed by atoms with Gasteiger partial charge >= 0.3 is 0 Å². The zero-order valence-corrected chi connectivity index (χ0v) is 13.0. The molecule has 1 aliphatic heterocycles. The van der Waals surface area contributed by atoms with Crippen molar-refractivity contribution in [3.63, 3.8) is 0 Å². The average molecular weight is 292 g/mol. The van der Waals surface area contributed by atoms with E-state index in [4.69, 9.17) is 5.11 Å². The second-order valence-corrected chi connectivity index (χ2v) is 6.53. The van der Waals surface area contributed by atoms with Gasteiger partial charge in [-0.05, 0) is 52.0 Å². The molecule has 1 saturated heterocycles. The number of fused-ring (bicyclic) bond motifs is 1. The summed E-state index contributed by atoms with van der Waals surface area (Å²) in [7, 11) is 0. The van der Waals surface area contributed by atoms with Gasteiger partial charge in [0.1, 0.15) is 0 Å². The molecule has 2 aliphatic rings.